The predicted octanol–water partition coefficient (Wildman–Crippen LogP) is 3.69. The van der Waals surface area contributed by atoms with Gasteiger partial charge in [-0.3, -0.25) is 4.68 Å². The topological polar surface area (TPSA) is 43.8 Å². The van der Waals surface area contributed by atoms with Gasteiger partial charge in [-0.2, -0.15) is 5.10 Å². The van der Waals surface area contributed by atoms with Crippen LogP contribution in [0.15, 0.2) is 6.07 Å². The van der Waals surface area contributed by atoms with Crippen LogP contribution in [-0.4, -0.2) is 15.8 Å². The number of hydrogen-bond acceptors (Lipinski definition) is 2. The molecule has 1 aliphatic rings. The van der Waals surface area contributed by atoms with E-state index in [2.05, 4.69) is 36.6 Å². The lowest BCUT2D eigenvalue weighted by Crippen LogP contribution is -2.35. The van der Waals surface area contributed by atoms with Crippen molar-refractivity contribution in [1.82, 2.24) is 9.78 Å². The molecule has 0 aromatic carbocycles. The minimum absolute atomic E-state index is 0.305. The van der Waals surface area contributed by atoms with Crippen LogP contribution >= 0.6 is 0 Å². The normalized spacial score (nSPS) is 24.8. The van der Waals surface area contributed by atoms with Crippen molar-refractivity contribution >= 4 is 0 Å². The van der Waals surface area contributed by atoms with Crippen molar-refractivity contribution in [3.8, 4) is 0 Å². The van der Waals surface area contributed by atoms with E-state index in [0.717, 1.165) is 24.6 Å². The molecule has 0 aliphatic heterocycles. The first-order valence-electron chi connectivity index (χ1n) is 8.42. The molecule has 0 saturated heterocycles. The summed E-state index contributed by atoms with van der Waals surface area (Å²) in [5.74, 6) is 1.68. The van der Waals surface area contributed by atoms with Crippen LogP contribution in [0.5, 0.6) is 0 Å². The molecule has 2 rings (SSSR count). The SMILES string of the molecule is CCCC1CCC(C(N)Cc2cc(C)nn2CC)CC1. The van der Waals surface area contributed by atoms with Crippen LogP contribution in [0.2, 0.25) is 0 Å². The standard InChI is InChI=1S/C17H31N3/c1-4-6-14-7-9-15(10-8-14)17(18)12-16-11-13(3)19-20(16)5-2/h11,14-15,17H,4-10,12,18H2,1-3H3. The fourth-order valence-electron chi connectivity index (χ4n) is 3.76. The van der Waals surface area contributed by atoms with E-state index in [-0.39, 0.29) is 0 Å². The quantitative estimate of drug-likeness (QED) is 0.862. The number of rotatable bonds is 6. The van der Waals surface area contributed by atoms with Crippen molar-refractivity contribution in [2.45, 2.75) is 78.3 Å². The van der Waals surface area contributed by atoms with Gasteiger partial charge in [0.1, 0.15) is 0 Å². The number of hydrogen-bond donors (Lipinski definition) is 1. The van der Waals surface area contributed by atoms with Crippen LogP contribution in [0.25, 0.3) is 0 Å². The van der Waals surface area contributed by atoms with Gasteiger partial charge in [0, 0.05) is 24.7 Å². The summed E-state index contributed by atoms with van der Waals surface area (Å²) >= 11 is 0. The Labute approximate surface area is 123 Å². The van der Waals surface area contributed by atoms with Crippen molar-refractivity contribution in [1.29, 1.82) is 0 Å². The highest BCUT2D eigenvalue weighted by molar-refractivity contribution is 5.10. The van der Waals surface area contributed by atoms with Gasteiger partial charge in [-0.05, 0) is 44.6 Å². The molecule has 3 nitrogen and oxygen atoms in total. The van der Waals surface area contributed by atoms with Gasteiger partial charge in [0.2, 0.25) is 0 Å². The minimum Gasteiger partial charge on any atom is -0.327 e. The first-order valence-corrected chi connectivity index (χ1v) is 8.42. The third-order valence-corrected chi connectivity index (χ3v) is 4.92. The molecule has 3 heteroatoms. The average molecular weight is 277 g/mol. The van der Waals surface area contributed by atoms with Crippen LogP contribution in [0.1, 0.15) is 63.8 Å². The van der Waals surface area contributed by atoms with Gasteiger partial charge in [-0.25, -0.2) is 0 Å². The number of aryl methyl sites for hydroxylation is 2. The second kappa shape index (κ2) is 7.26. The van der Waals surface area contributed by atoms with E-state index >= 15 is 0 Å². The first kappa shape index (κ1) is 15.6. The summed E-state index contributed by atoms with van der Waals surface area (Å²) in [6, 6.07) is 2.51. The molecule has 1 aromatic heterocycles. The average Bonchev–Trinajstić information content (AvgIpc) is 2.80. The molecule has 1 heterocycles. The van der Waals surface area contributed by atoms with Gasteiger partial charge < -0.3 is 5.73 Å². The largest absolute Gasteiger partial charge is 0.327 e. The van der Waals surface area contributed by atoms with E-state index in [1.54, 1.807) is 0 Å². The van der Waals surface area contributed by atoms with Gasteiger partial charge in [0.05, 0.1) is 5.69 Å². The maximum atomic E-state index is 6.49. The smallest absolute Gasteiger partial charge is 0.0596 e. The Kier molecular flexibility index (Phi) is 5.64. The molecule has 1 atom stereocenters. The van der Waals surface area contributed by atoms with Crippen molar-refractivity contribution in [2.75, 3.05) is 0 Å². The molecular weight excluding hydrogens is 246 g/mol. The summed E-state index contributed by atoms with van der Waals surface area (Å²) in [5, 5.41) is 4.52. The molecule has 0 bridgehead atoms. The zero-order valence-electron chi connectivity index (χ0n) is 13.4. The highest BCUT2D eigenvalue weighted by atomic mass is 15.3. The number of nitrogens with zero attached hydrogens (tertiary/aromatic N) is 2. The number of aromatic nitrogens is 2. The summed E-state index contributed by atoms with van der Waals surface area (Å²) in [5.41, 5.74) is 8.92. The Morgan fingerprint density at radius 3 is 2.60 bits per heavy atom. The van der Waals surface area contributed by atoms with E-state index in [1.807, 2.05) is 0 Å². The van der Waals surface area contributed by atoms with E-state index in [0.29, 0.717) is 12.0 Å². The zero-order valence-corrected chi connectivity index (χ0v) is 13.4. The predicted molar refractivity (Wildman–Crippen MR) is 84.7 cm³/mol. The molecular formula is C17H31N3. The first-order chi connectivity index (χ1) is 9.63. The van der Waals surface area contributed by atoms with E-state index in [4.69, 9.17) is 5.73 Å². The lowest BCUT2D eigenvalue weighted by atomic mass is 9.76. The Balaban J connectivity index is 1.87. The highest BCUT2D eigenvalue weighted by Gasteiger charge is 2.26. The van der Waals surface area contributed by atoms with Crippen molar-refractivity contribution in [3.05, 3.63) is 17.5 Å². The van der Waals surface area contributed by atoms with Gasteiger partial charge in [0.25, 0.3) is 0 Å². The molecule has 114 valence electrons. The third-order valence-electron chi connectivity index (χ3n) is 4.92. The van der Waals surface area contributed by atoms with E-state index in [1.165, 1.54) is 44.2 Å². The molecule has 0 radical (unpaired) electrons. The minimum atomic E-state index is 0.305. The van der Waals surface area contributed by atoms with Gasteiger partial charge in [0.15, 0.2) is 0 Å². The zero-order chi connectivity index (χ0) is 14.5. The fraction of sp³-hybridized carbons (Fsp3) is 0.824. The Hall–Kier alpha value is -0.830. The Morgan fingerprint density at radius 2 is 2.00 bits per heavy atom. The second-order valence-electron chi connectivity index (χ2n) is 6.53. The van der Waals surface area contributed by atoms with Gasteiger partial charge >= 0.3 is 0 Å². The monoisotopic (exact) mass is 277 g/mol. The highest BCUT2D eigenvalue weighted by Crippen LogP contribution is 2.33. The van der Waals surface area contributed by atoms with E-state index < -0.39 is 0 Å². The molecule has 1 aromatic rings. The summed E-state index contributed by atoms with van der Waals surface area (Å²) in [7, 11) is 0. The number of nitrogens with two attached hydrogens (primary N) is 1. The van der Waals surface area contributed by atoms with Crippen LogP contribution in [0.3, 0.4) is 0 Å². The maximum absolute atomic E-state index is 6.49. The molecule has 1 saturated carbocycles. The lowest BCUT2D eigenvalue weighted by Gasteiger charge is -2.32. The van der Waals surface area contributed by atoms with Gasteiger partial charge in [-0.1, -0.05) is 32.6 Å². The summed E-state index contributed by atoms with van der Waals surface area (Å²) in [6.07, 6.45) is 9.14. The molecule has 2 N–H and O–H groups in total. The molecule has 1 fully saturated rings. The van der Waals surface area contributed by atoms with E-state index in [9.17, 15) is 0 Å². The third kappa shape index (κ3) is 3.85. The van der Waals surface area contributed by atoms with Crippen molar-refractivity contribution in [3.63, 3.8) is 0 Å². The fourth-order valence-corrected chi connectivity index (χ4v) is 3.76. The summed E-state index contributed by atoms with van der Waals surface area (Å²) in [6.45, 7) is 7.46. The molecule has 0 amide bonds. The molecule has 1 unspecified atom stereocenters. The lowest BCUT2D eigenvalue weighted by molar-refractivity contribution is 0.231. The van der Waals surface area contributed by atoms with Crippen LogP contribution < -0.4 is 5.73 Å². The van der Waals surface area contributed by atoms with Crippen LogP contribution in [-0.2, 0) is 13.0 Å². The molecule has 1 aliphatic carbocycles. The summed E-state index contributed by atoms with van der Waals surface area (Å²) < 4.78 is 2.11. The van der Waals surface area contributed by atoms with Crippen LogP contribution in [0.4, 0.5) is 0 Å². The molecule has 20 heavy (non-hydrogen) atoms. The second-order valence-corrected chi connectivity index (χ2v) is 6.53. The van der Waals surface area contributed by atoms with Crippen LogP contribution in [0, 0.1) is 18.8 Å². The Bertz CT molecular complexity index is 402. The molecule has 0 spiro atoms. The van der Waals surface area contributed by atoms with Crippen molar-refractivity contribution < 1.29 is 0 Å². The maximum Gasteiger partial charge on any atom is 0.0596 e. The Morgan fingerprint density at radius 1 is 1.30 bits per heavy atom. The summed E-state index contributed by atoms with van der Waals surface area (Å²) in [4.78, 5) is 0. The van der Waals surface area contributed by atoms with Gasteiger partial charge in [-0.15, -0.1) is 0 Å². The van der Waals surface area contributed by atoms with Crippen molar-refractivity contribution in [2.24, 2.45) is 17.6 Å².